The molecule has 1 atom stereocenters. The van der Waals surface area contributed by atoms with E-state index in [0.29, 0.717) is 35.8 Å². The Morgan fingerprint density at radius 1 is 1.23 bits per heavy atom. The molecule has 0 bridgehead atoms. The van der Waals surface area contributed by atoms with Crippen LogP contribution in [-0.4, -0.2) is 57.9 Å². The highest BCUT2D eigenvalue weighted by Gasteiger charge is 2.22. The molecule has 0 radical (unpaired) electrons. The van der Waals surface area contributed by atoms with Crippen LogP contribution in [-0.2, 0) is 6.54 Å². The molecule has 0 aliphatic carbocycles. The molecule has 1 aromatic carbocycles. The fourth-order valence-electron chi connectivity index (χ4n) is 3.28. The number of ether oxygens (including phenoxy) is 3. The molecular formula is C18H31IN4O3. The Kier molecular flexibility index (Phi) is 9.85. The molecule has 1 aliphatic heterocycles. The largest absolute Gasteiger partial charge is 0.493 e. The van der Waals surface area contributed by atoms with E-state index >= 15 is 0 Å². The minimum Gasteiger partial charge on any atom is -0.493 e. The van der Waals surface area contributed by atoms with Crippen molar-refractivity contribution in [1.29, 1.82) is 0 Å². The number of halogens is 1. The Morgan fingerprint density at radius 3 is 2.58 bits per heavy atom. The monoisotopic (exact) mass is 478 g/mol. The molecule has 1 aromatic rings. The van der Waals surface area contributed by atoms with Gasteiger partial charge in [0.25, 0.3) is 0 Å². The lowest BCUT2D eigenvalue weighted by Gasteiger charge is -2.23. The van der Waals surface area contributed by atoms with Crippen molar-refractivity contribution in [2.75, 3.05) is 41.0 Å². The Hall–Kier alpha value is -1.42. The number of nitrogens with zero attached hydrogens (tertiary/aromatic N) is 2. The van der Waals surface area contributed by atoms with Gasteiger partial charge in [0.2, 0.25) is 5.75 Å². The lowest BCUT2D eigenvalue weighted by atomic mass is 10.1. The van der Waals surface area contributed by atoms with Crippen LogP contribution in [0, 0.1) is 0 Å². The van der Waals surface area contributed by atoms with Crippen molar-refractivity contribution in [3.8, 4) is 17.2 Å². The predicted octanol–water partition coefficient (Wildman–Crippen LogP) is 2.22. The first-order valence-electron chi connectivity index (χ1n) is 8.70. The van der Waals surface area contributed by atoms with Crippen LogP contribution in [0.3, 0.4) is 0 Å². The number of hydrogen-bond acceptors (Lipinski definition) is 5. The van der Waals surface area contributed by atoms with E-state index in [1.165, 1.54) is 19.4 Å². The molecule has 1 heterocycles. The third kappa shape index (κ3) is 5.54. The van der Waals surface area contributed by atoms with E-state index in [-0.39, 0.29) is 24.0 Å². The van der Waals surface area contributed by atoms with Gasteiger partial charge < -0.3 is 25.3 Å². The van der Waals surface area contributed by atoms with E-state index < -0.39 is 0 Å². The van der Waals surface area contributed by atoms with Crippen molar-refractivity contribution in [2.45, 2.75) is 32.4 Å². The molecule has 0 aromatic heterocycles. The number of methoxy groups -OCH3 is 3. The fourth-order valence-corrected chi connectivity index (χ4v) is 3.28. The second-order valence-corrected chi connectivity index (χ2v) is 6.00. The molecule has 148 valence electrons. The zero-order valence-corrected chi connectivity index (χ0v) is 18.4. The Balaban J connectivity index is 0.00000338. The maximum absolute atomic E-state index is 6.03. The number of nitrogens with one attached hydrogen (secondary N) is 1. The average molecular weight is 478 g/mol. The Bertz CT molecular complexity index is 598. The zero-order chi connectivity index (χ0) is 18.2. The number of rotatable bonds is 8. The molecule has 3 N–H and O–H groups in total. The van der Waals surface area contributed by atoms with Gasteiger partial charge in [0.15, 0.2) is 17.5 Å². The maximum atomic E-state index is 6.03. The van der Waals surface area contributed by atoms with Crippen molar-refractivity contribution < 1.29 is 14.2 Å². The lowest BCUT2D eigenvalue weighted by molar-refractivity contribution is 0.267. The molecule has 1 saturated heterocycles. The highest BCUT2D eigenvalue weighted by Crippen LogP contribution is 2.39. The van der Waals surface area contributed by atoms with Gasteiger partial charge in [-0.2, -0.15) is 0 Å². The number of benzene rings is 1. The van der Waals surface area contributed by atoms with E-state index in [2.05, 4.69) is 22.1 Å². The average Bonchev–Trinajstić information content (AvgIpc) is 3.11. The summed E-state index contributed by atoms with van der Waals surface area (Å²) < 4.78 is 16.2. The smallest absolute Gasteiger partial charge is 0.203 e. The summed E-state index contributed by atoms with van der Waals surface area (Å²) in [7, 11) is 4.79. The molecule has 7 nitrogen and oxygen atoms in total. The molecule has 0 amide bonds. The van der Waals surface area contributed by atoms with Crippen LogP contribution in [0.5, 0.6) is 17.2 Å². The summed E-state index contributed by atoms with van der Waals surface area (Å²) >= 11 is 0. The summed E-state index contributed by atoms with van der Waals surface area (Å²) in [6.45, 7) is 5.67. The normalized spacial score (nSPS) is 17.5. The van der Waals surface area contributed by atoms with Gasteiger partial charge in [-0.1, -0.05) is 6.92 Å². The van der Waals surface area contributed by atoms with Crippen LogP contribution in [0.1, 0.15) is 25.3 Å². The minimum absolute atomic E-state index is 0. The van der Waals surface area contributed by atoms with Crippen LogP contribution >= 0.6 is 24.0 Å². The zero-order valence-electron chi connectivity index (χ0n) is 16.1. The van der Waals surface area contributed by atoms with E-state index in [4.69, 9.17) is 19.9 Å². The van der Waals surface area contributed by atoms with Gasteiger partial charge in [-0.25, -0.2) is 4.99 Å². The van der Waals surface area contributed by atoms with Crippen LogP contribution < -0.4 is 25.3 Å². The summed E-state index contributed by atoms with van der Waals surface area (Å²) in [4.78, 5) is 6.90. The minimum atomic E-state index is 0. The van der Waals surface area contributed by atoms with Crippen LogP contribution in [0.15, 0.2) is 17.1 Å². The molecule has 1 aliphatic rings. The molecule has 0 saturated carbocycles. The molecule has 0 spiro atoms. The first-order chi connectivity index (χ1) is 12.1. The summed E-state index contributed by atoms with van der Waals surface area (Å²) in [5, 5.41) is 3.24. The molecule has 1 fully saturated rings. The third-order valence-electron chi connectivity index (χ3n) is 4.63. The van der Waals surface area contributed by atoms with Crippen molar-refractivity contribution in [2.24, 2.45) is 10.7 Å². The van der Waals surface area contributed by atoms with Crippen molar-refractivity contribution >= 4 is 29.9 Å². The van der Waals surface area contributed by atoms with E-state index in [9.17, 15) is 0 Å². The number of aliphatic imine (C=N–C) groups is 1. The van der Waals surface area contributed by atoms with Gasteiger partial charge in [0, 0.05) is 18.2 Å². The lowest BCUT2D eigenvalue weighted by Crippen LogP contribution is -2.42. The van der Waals surface area contributed by atoms with Gasteiger partial charge in [-0.15, -0.1) is 24.0 Å². The quantitative estimate of drug-likeness (QED) is 0.339. The van der Waals surface area contributed by atoms with Crippen molar-refractivity contribution in [1.82, 2.24) is 10.2 Å². The Labute approximate surface area is 173 Å². The molecule has 8 heteroatoms. The van der Waals surface area contributed by atoms with Crippen LogP contribution in [0.25, 0.3) is 0 Å². The number of likely N-dealkylation sites (N-methyl/N-ethyl adjacent to an activating group) is 1. The topological polar surface area (TPSA) is 81.3 Å². The number of guanidine groups is 1. The number of nitrogens with two attached hydrogens (primary N) is 1. The summed E-state index contributed by atoms with van der Waals surface area (Å²) in [5.41, 5.74) is 6.92. The van der Waals surface area contributed by atoms with Crippen molar-refractivity contribution in [3.05, 3.63) is 17.7 Å². The van der Waals surface area contributed by atoms with E-state index in [1.807, 2.05) is 12.1 Å². The molecule has 26 heavy (non-hydrogen) atoms. The molecule has 2 rings (SSSR count). The predicted molar refractivity (Wildman–Crippen MR) is 115 cm³/mol. The first kappa shape index (κ1) is 22.6. The van der Waals surface area contributed by atoms with Gasteiger partial charge in [-0.05, 0) is 38.1 Å². The van der Waals surface area contributed by atoms with Crippen LogP contribution in [0.4, 0.5) is 0 Å². The van der Waals surface area contributed by atoms with Crippen LogP contribution in [0.2, 0.25) is 0 Å². The van der Waals surface area contributed by atoms with E-state index in [1.54, 1.807) is 21.3 Å². The summed E-state index contributed by atoms with van der Waals surface area (Å²) in [5.74, 6) is 2.25. The van der Waals surface area contributed by atoms with Gasteiger partial charge in [0.05, 0.1) is 27.9 Å². The summed E-state index contributed by atoms with van der Waals surface area (Å²) in [6.07, 6.45) is 2.46. The first-order valence-corrected chi connectivity index (χ1v) is 8.70. The van der Waals surface area contributed by atoms with Gasteiger partial charge in [0.1, 0.15) is 0 Å². The van der Waals surface area contributed by atoms with E-state index in [0.717, 1.165) is 18.7 Å². The third-order valence-corrected chi connectivity index (χ3v) is 4.63. The summed E-state index contributed by atoms with van der Waals surface area (Å²) in [6, 6.07) is 4.29. The Morgan fingerprint density at radius 2 is 1.96 bits per heavy atom. The number of likely N-dealkylation sites (tertiary alicyclic amines) is 1. The molecular weight excluding hydrogens is 447 g/mol. The van der Waals surface area contributed by atoms with Gasteiger partial charge >= 0.3 is 0 Å². The highest BCUT2D eigenvalue weighted by molar-refractivity contribution is 14.0. The fraction of sp³-hybridized carbons (Fsp3) is 0.611. The number of hydrogen-bond donors (Lipinski definition) is 2. The molecule has 1 unspecified atom stereocenters. The SMILES string of the molecule is CCN1CCCC1CNC(N)=NCc1ccc(OC)c(OC)c1OC.I. The second-order valence-electron chi connectivity index (χ2n) is 6.00. The highest BCUT2D eigenvalue weighted by atomic mass is 127. The van der Waals surface area contributed by atoms with Gasteiger partial charge in [-0.3, -0.25) is 4.90 Å². The second kappa shape index (κ2) is 11.3. The standard InChI is InChI=1S/C18H30N4O3.HI/c1-5-22-10-6-7-14(22)12-21-18(19)20-11-13-8-9-15(23-2)17(25-4)16(13)24-3;/h8-9,14H,5-7,10-12H2,1-4H3,(H3,19,20,21);1H. The van der Waals surface area contributed by atoms with Crippen molar-refractivity contribution in [3.63, 3.8) is 0 Å². The maximum Gasteiger partial charge on any atom is 0.203 e.